The van der Waals surface area contributed by atoms with Gasteiger partial charge < -0.3 is 10.1 Å². The minimum atomic E-state index is -4.26. The number of hydrogen-bond donors (Lipinski definition) is 1. The Labute approximate surface area is 122 Å². The zero-order valence-electron chi connectivity index (χ0n) is 11.9. The number of alkyl halides is 3. The molecule has 20 heavy (non-hydrogen) atoms. The highest BCUT2D eigenvalue weighted by Gasteiger charge is 2.28. The summed E-state index contributed by atoms with van der Waals surface area (Å²) in [4.78, 5) is 2.48. The van der Waals surface area contributed by atoms with Gasteiger partial charge in [-0.25, -0.2) is 0 Å². The smallest absolute Gasteiger partial charge is 0.370 e. The highest BCUT2D eigenvalue weighted by atomic mass is 32.1. The minimum absolute atomic E-state index is 0.0688. The predicted octanol–water partition coefficient (Wildman–Crippen LogP) is 3.80. The van der Waals surface area contributed by atoms with Gasteiger partial charge in [-0.3, -0.25) is 0 Å². The van der Waals surface area contributed by atoms with E-state index in [1.165, 1.54) is 9.75 Å². The van der Waals surface area contributed by atoms with Crippen molar-refractivity contribution in [1.29, 1.82) is 0 Å². The van der Waals surface area contributed by atoms with Crippen LogP contribution in [0, 0.1) is 0 Å². The lowest BCUT2D eigenvalue weighted by atomic mass is 10.2. The van der Waals surface area contributed by atoms with Gasteiger partial charge in [-0.05, 0) is 37.9 Å². The topological polar surface area (TPSA) is 21.3 Å². The quantitative estimate of drug-likeness (QED) is 0.749. The van der Waals surface area contributed by atoms with Crippen molar-refractivity contribution in [2.75, 3.05) is 19.8 Å². The highest BCUT2D eigenvalue weighted by Crippen LogP contribution is 2.19. The summed E-state index contributed by atoms with van der Waals surface area (Å²) < 4.78 is 41.1. The van der Waals surface area contributed by atoms with Crippen molar-refractivity contribution in [3.8, 4) is 0 Å². The van der Waals surface area contributed by atoms with E-state index >= 15 is 0 Å². The molecule has 0 spiro atoms. The lowest BCUT2D eigenvalue weighted by Crippen LogP contribution is -2.37. The maximum Gasteiger partial charge on any atom is 0.411 e. The molecule has 2 nitrogen and oxygen atoms in total. The molecule has 0 amide bonds. The first-order valence-corrected chi connectivity index (χ1v) is 7.71. The Kier molecular flexibility index (Phi) is 7.55. The zero-order chi connectivity index (χ0) is 15.0. The monoisotopic (exact) mass is 309 g/mol. The molecule has 1 heterocycles. The molecule has 6 heteroatoms. The number of rotatable bonds is 9. The van der Waals surface area contributed by atoms with Crippen molar-refractivity contribution >= 4 is 11.3 Å². The lowest BCUT2D eigenvalue weighted by molar-refractivity contribution is -0.175. The summed E-state index contributed by atoms with van der Waals surface area (Å²) in [6, 6.07) is 4.06. The van der Waals surface area contributed by atoms with Gasteiger partial charge in [0.25, 0.3) is 0 Å². The zero-order valence-corrected chi connectivity index (χ0v) is 12.7. The second-order valence-corrected chi connectivity index (χ2v) is 5.96. The van der Waals surface area contributed by atoms with Crippen LogP contribution in [0.15, 0.2) is 12.1 Å². The summed E-state index contributed by atoms with van der Waals surface area (Å²) in [6.45, 7) is 3.81. The first kappa shape index (κ1) is 17.5. The van der Waals surface area contributed by atoms with Gasteiger partial charge in [-0.15, -0.1) is 11.3 Å². The van der Waals surface area contributed by atoms with Crippen molar-refractivity contribution in [2.24, 2.45) is 0 Å². The largest absolute Gasteiger partial charge is 0.411 e. The maximum atomic E-state index is 12.1. The van der Waals surface area contributed by atoms with Gasteiger partial charge in [0, 0.05) is 15.8 Å². The van der Waals surface area contributed by atoms with Gasteiger partial charge in [0.15, 0.2) is 0 Å². The molecule has 0 saturated heterocycles. The molecular formula is C14H22F3NOS. The van der Waals surface area contributed by atoms with Gasteiger partial charge in [0.1, 0.15) is 6.61 Å². The Morgan fingerprint density at radius 3 is 2.50 bits per heavy atom. The van der Waals surface area contributed by atoms with Gasteiger partial charge >= 0.3 is 6.18 Å². The van der Waals surface area contributed by atoms with Crippen molar-refractivity contribution in [3.05, 3.63) is 21.9 Å². The van der Waals surface area contributed by atoms with E-state index in [-0.39, 0.29) is 12.6 Å². The fraction of sp³-hybridized carbons (Fsp3) is 0.714. The van der Waals surface area contributed by atoms with Gasteiger partial charge in [-0.1, -0.05) is 13.8 Å². The highest BCUT2D eigenvalue weighted by molar-refractivity contribution is 7.11. The van der Waals surface area contributed by atoms with Crippen LogP contribution in [0.5, 0.6) is 0 Å². The Morgan fingerprint density at radius 1 is 1.25 bits per heavy atom. The maximum absolute atomic E-state index is 12.1. The lowest BCUT2D eigenvalue weighted by Gasteiger charge is -2.18. The Bertz CT molecular complexity index is 379. The van der Waals surface area contributed by atoms with Crippen LogP contribution in [-0.4, -0.2) is 32.0 Å². The summed E-state index contributed by atoms with van der Waals surface area (Å²) in [5.74, 6) is 0. The summed E-state index contributed by atoms with van der Waals surface area (Å²) in [6.07, 6.45) is -1.61. The van der Waals surface area contributed by atoms with Crippen LogP contribution in [0.2, 0.25) is 0 Å². The van der Waals surface area contributed by atoms with Crippen LogP contribution in [0.4, 0.5) is 13.2 Å². The van der Waals surface area contributed by atoms with E-state index in [0.29, 0.717) is 6.42 Å². The minimum Gasteiger partial charge on any atom is -0.370 e. The van der Waals surface area contributed by atoms with Gasteiger partial charge in [0.2, 0.25) is 0 Å². The van der Waals surface area contributed by atoms with Crippen molar-refractivity contribution in [2.45, 2.75) is 45.3 Å². The molecular weight excluding hydrogens is 287 g/mol. The Balaban J connectivity index is 2.46. The van der Waals surface area contributed by atoms with E-state index in [2.05, 4.69) is 18.3 Å². The molecule has 0 fully saturated rings. The molecule has 1 N–H and O–H groups in total. The summed E-state index contributed by atoms with van der Waals surface area (Å²) >= 11 is 1.72. The molecule has 1 unspecified atom stereocenters. The molecule has 1 aromatic heterocycles. The van der Waals surface area contributed by atoms with Crippen molar-refractivity contribution in [3.63, 3.8) is 0 Å². The van der Waals surface area contributed by atoms with E-state index in [1.807, 2.05) is 13.0 Å². The molecule has 0 bridgehead atoms. The molecule has 0 aliphatic rings. The fourth-order valence-corrected chi connectivity index (χ4v) is 2.86. The number of aryl methyl sites for hydroxylation is 1. The van der Waals surface area contributed by atoms with Crippen molar-refractivity contribution in [1.82, 2.24) is 5.32 Å². The van der Waals surface area contributed by atoms with Crippen LogP contribution in [-0.2, 0) is 17.6 Å². The second kappa shape index (κ2) is 8.64. The normalized spacial score (nSPS) is 13.7. The third-order valence-electron chi connectivity index (χ3n) is 2.78. The average molecular weight is 309 g/mol. The Morgan fingerprint density at radius 2 is 1.95 bits per heavy atom. The molecule has 0 aromatic carbocycles. The van der Waals surface area contributed by atoms with Crippen LogP contribution in [0.25, 0.3) is 0 Å². The first-order chi connectivity index (χ1) is 9.44. The van der Waals surface area contributed by atoms with Crippen LogP contribution >= 0.6 is 11.3 Å². The summed E-state index contributed by atoms with van der Waals surface area (Å²) in [5, 5.41) is 3.25. The molecule has 0 aliphatic heterocycles. The van der Waals surface area contributed by atoms with Gasteiger partial charge in [-0.2, -0.15) is 13.2 Å². The summed E-state index contributed by atoms with van der Waals surface area (Å²) in [5.41, 5.74) is 0. The third kappa shape index (κ3) is 7.26. The SMILES string of the molecule is CCCNC(COCC(F)(F)F)Cc1ccc(CC)s1. The molecule has 1 atom stereocenters. The van der Waals surface area contributed by atoms with Crippen molar-refractivity contribution < 1.29 is 17.9 Å². The number of halogens is 3. The molecule has 0 aliphatic carbocycles. The molecule has 1 aromatic rings. The van der Waals surface area contributed by atoms with E-state index in [9.17, 15) is 13.2 Å². The Hall–Kier alpha value is -0.590. The number of hydrogen-bond acceptors (Lipinski definition) is 3. The fourth-order valence-electron chi connectivity index (χ4n) is 1.82. The van der Waals surface area contributed by atoms with Crippen LogP contribution < -0.4 is 5.32 Å². The van der Waals surface area contributed by atoms with E-state index in [0.717, 1.165) is 19.4 Å². The number of nitrogens with one attached hydrogen (secondary N) is 1. The molecule has 116 valence electrons. The van der Waals surface area contributed by atoms with E-state index in [4.69, 9.17) is 4.74 Å². The molecule has 0 radical (unpaired) electrons. The first-order valence-electron chi connectivity index (χ1n) is 6.90. The number of thiophene rings is 1. The third-order valence-corrected chi connectivity index (χ3v) is 4.03. The van der Waals surface area contributed by atoms with Gasteiger partial charge in [0.05, 0.1) is 6.61 Å². The standard InChI is InChI=1S/C14H22F3NOS/c1-3-7-18-11(9-19-10-14(15,16)17)8-13-6-5-12(4-2)20-13/h5-6,11,18H,3-4,7-10H2,1-2H3. The number of ether oxygens (including phenoxy) is 1. The van der Waals surface area contributed by atoms with Crippen LogP contribution in [0.3, 0.4) is 0 Å². The summed E-state index contributed by atoms with van der Waals surface area (Å²) in [7, 11) is 0. The predicted molar refractivity (Wildman–Crippen MR) is 76.4 cm³/mol. The van der Waals surface area contributed by atoms with E-state index in [1.54, 1.807) is 11.3 Å². The van der Waals surface area contributed by atoms with Crippen LogP contribution in [0.1, 0.15) is 30.0 Å². The molecule has 1 rings (SSSR count). The average Bonchev–Trinajstić information content (AvgIpc) is 2.82. The molecule has 0 saturated carbocycles. The van der Waals surface area contributed by atoms with E-state index < -0.39 is 12.8 Å². The second-order valence-electron chi connectivity index (χ2n) is 4.71.